The van der Waals surface area contributed by atoms with Crippen molar-refractivity contribution in [3.05, 3.63) is 64.9 Å². The number of fused-ring (bicyclic) bond motifs is 1. The average molecular weight is 256 g/mol. The predicted molar refractivity (Wildman–Crippen MR) is 72.4 cm³/mol. The van der Waals surface area contributed by atoms with Crippen molar-refractivity contribution in [1.29, 1.82) is 0 Å². The van der Waals surface area contributed by atoms with E-state index in [1.807, 2.05) is 30.3 Å². The Morgan fingerprint density at radius 3 is 2.50 bits per heavy atom. The minimum atomic E-state index is -0.309. The Kier molecular flexibility index (Phi) is 2.68. The Hall–Kier alpha value is -2.00. The van der Waals surface area contributed by atoms with Gasteiger partial charge in [-0.2, -0.15) is 0 Å². The first-order chi connectivity index (χ1) is 8.74. The fourth-order valence-corrected chi connectivity index (χ4v) is 2.14. The molecule has 0 aliphatic carbocycles. The van der Waals surface area contributed by atoms with Gasteiger partial charge >= 0.3 is 0 Å². The zero-order valence-electron chi connectivity index (χ0n) is 9.39. The fourth-order valence-electron chi connectivity index (χ4n) is 1.87. The second kappa shape index (κ2) is 4.35. The molecular formula is C15H9FOS. The van der Waals surface area contributed by atoms with E-state index in [1.54, 1.807) is 12.1 Å². The van der Waals surface area contributed by atoms with Gasteiger partial charge in [0.25, 0.3) is 0 Å². The largest absolute Gasteiger partial charge is 0.456 e. The van der Waals surface area contributed by atoms with Crippen molar-refractivity contribution in [3.63, 3.8) is 0 Å². The van der Waals surface area contributed by atoms with Crippen LogP contribution in [0.5, 0.6) is 0 Å². The van der Waals surface area contributed by atoms with Crippen molar-refractivity contribution < 1.29 is 8.81 Å². The molecule has 0 saturated carbocycles. The molecule has 0 fully saturated rings. The highest BCUT2D eigenvalue weighted by atomic mass is 32.1. The molecule has 2 aromatic carbocycles. The summed E-state index contributed by atoms with van der Waals surface area (Å²) in [7, 11) is 0. The van der Waals surface area contributed by atoms with Crippen LogP contribution >= 0.6 is 12.2 Å². The lowest BCUT2D eigenvalue weighted by atomic mass is 10.1. The zero-order valence-corrected chi connectivity index (χ0v) is 10.2. The van der Waals surface area contributed by atoms with Crippen LogP contribution in [0.3, 0.4) is 0 Å². The van der Waals surface area contributed by atoms with E-state index in [4.69, 9.17) is 16.6 Å². The number of hydrogen-bond donors (Lipinski definition) is 0. The van der Waals surface area contributed by atoms with E-state index in [-0.39, 0.29) is 5.82 Å². The van der Waals surface area contributed by atoms with Gasteiger partial charge in [-0.25, -0.2) is 4.39 Å². The smallest absolute Gasteiger partial charge is 0.136 e. The van der Waals surface area contributed by atoms with Crippen LogP contribution in [0.25, 0.3) is 22.3 Å². The number of rotatable bonds is 1. The molecule has 3 rings (SSSR count). The Balaban J connectivity index is 2.29. The van der Waals surface area contributed by atoms with Gasteiger partial charge in [0.2, 0.25) is 0 Å². The minimum absolute atomic E-state index is 0.309. The van der Waals surface area contributed by atoms with Crippen LogP contribution in [0.15, 0.2) is 59.0 Å². The van der Waals surface area contributed by atoms with Crippen LogP contribution in [0, 0.1) is 10.3 Å². The summed E-state index contributed by atoms with van der Waals surface area (Å²) in [6.07, 6.45) is 0. The van der Waals surface area contributed by atoms with E-state index in [0.717, 1.165) is 5.56 Å². The molecular weight excluding hydrogens is 247 g/mol. The highest BCUT2D eigenvalue weighted by molar-refractivity contribution is 7.71. The van der Waals surface area contributed by atoms with Crippen molar-refractivity contribution in [2.45, 2.75) is 0 Å². The molecule has 0 unspecified atom stereocenters. The standard InChI is InChI=1S/C15H9FOS/c16-11-6-7-13-12(8-11)15(18)9-14(17-13)10-4-2-1-3-5-10/h1-9H. The van der Waals surface area contributed by atoms with Crippen molar-refractivity contribution in [1.82, 2.24) is 0 Å². The summed E-state index contributed by atoms with van der Waals surface area (Å²) in [6.45, 7) is 0. The van der Waals surface area contributed by atoms with Crippen LogP contribution in [0.4, 0.5) is 4.39 Å². The van der Waals surface area contributed by atoms with Crippen molar-refractivity contribution in [2.24, 2.45) is 0 Å². The molecule has 18 heavy (non-hydrogen) atoms. The molecule has 0 spiro atoms. The van der Waals surface area contributed by atoms with Gasteiger partial charge in [0.05, 0.1) is 4.51 Å². The molecule has 88 valence electrons. The summed E-state index contributed by atoms with van der Waals surface area (Å²) in [5.41, 5.74) is 1.55. The van der Waals surface area contributed by atoms with Gasteiger partial charge < -0.3 is 4.42 Å². The third kappa shape index (κ3) is 1.93. The third-order valence-electron chi connectivity index (χ3n) is 2.75. The van der Waals surface area contributed by atoms with Crippen LogP contribution in [-0.4, -0.2) is 0 Å². The molecule has 1 heterocycles. The van der Waals surface area contributed by atoms with Gasteiger partial charge in [-0.15, -0.1) is 0 Å². The molecule has 0 atom stereocenters. The van der Waals surface area contributed by atoms with E-state index >= 15 is 0 Å². The van der Waals surface area contributed by atoms with Crippen LogP contribution in [0.2, 0.25) is 0 Å². The molecule has 0 aliphatic rings. The second-order valence-corrected chi connectivity index (χ2v) is 4.42. The first-order valence-corrected chi connectivity index (χ1v) is 5.94. The van der Waals surface area contributed by atoms with Gasteiger partial charge in [0, 0.05) is 17.0 Å². The maximum Gasteiger partial charge on any atom is 0.136 e. The van der Waals surface area contributed by atoms with Gasteiger partial charge in [-0.3, -0.25) is 0 Å². The SMILES string of the molecule is Fc1ccc2oc(-c3ccccc3)cc(=S)c2c1. The highest BCUT2D eigenvalue weighted by Crippen LogP contribution is 2.26. The summed E-state index contributed by atoms with van der Waals surface area (Å²) in [5.74, 6) is 0.385. The summed E-state index contributed by atoms with van der Waals surface area (Å²) in [5, 5.41) is 0.629. The Bertz CT molecular complexity index is 762. The van der Waals surface area contributed by atoms with Gasteiger partial charge in [0.15, 0.2) is 0 Å². The summed E-state index contributed by atoms with van der Waals surface area (Å²) in [6, 6.07) is 15.8. The molecule has 1 nitrogen and oxygen atoms in total. The molecule has 3 aromatic rings. The van der Waals surface area contributed by atoms with Crippen LogP contribution in [0.1, 0.15) is 0 Å². The quantitative estimate of drug-likeness (QED) is 0.570. The fraction of sp³-hybridized carbons (Fsp3) is 0. The monoisotopic (exact) mass is 256 g/mol. The first-order valence-electron chi connectivity index (χ1n) is 5.53. The molecule has 3 heteroatoms. The summed E-state index contributed by atoms with van der Waals surface area (Å²) >= 11 is 5.27. The topological polar surface area (TPSA) is 13.1 Å². The number of hydrogen-bond acceptors (Lipinski definition) is 2. The Labute approximate surface area is 108 Å². The van der Waals surface area contributed by atoms with Crippen LogP contribution in [-0.2, 0) is 0 Å². The van der Waals surface area contributed by atoms with Gasteiger partial charge in [-0.1, -0.05) is 42.5 Å². The first kappa shape index (κ1) is 11.1. The van der Waals surface area contributed by atoms with Gasteiger partial charge in [-0.05, 0) is 18.2 Å². The third-order valence-corrected chi connectivity index (χ3v) is 3.09. The summed E-state index contributed by atoms with van der Waals surface area (Å²) < 4.78 is 19.5. The lowest BCUT2D eigenvalue weighted by Crippen LogP contribution is -1.82. The molecule has 1 aromatic heterocycles. The molecule has 0 aliphatic heterocycles. The van der Waals surface area contributed by atoms with E-state index in [0.29, 0.717) is 21.2 Å². The lowest BCUT2D eigenvalue weighted by molar-refractivity contribution is 0.609. The summed E-state index contributed by atoms with van der Waals surface area (Å²) in [4.78, 5) is 0. The zero-order chi connectivity index (χ0) is 12.5. The molecule has 0 radical (unpaired) electrons. The lowest BCUT2D eigenvalue weighted by Gasteiger charge is -2.03. The average Bonchev–Trinajstić information content (AvgIpc) is 2.40. The van der Waals surface area contributed by atoms with Crippen molar-refractivity contribution in [3.8, 4) is 11.3 Å². The normalized spacial score (nSPS) is 10.7. The number of benzene rings is 2. The predicted octanol–water partition coefficient (Wildman–Crippen LogP) is 4.97. The Morgan fingerprint density at radius 2 is 1.72 bits per heavy atom. The molecule has 0 N–H and O–H groups in total. The van der Waals surface area contributed by atoms with E-state index in [2.05, 4.69) is 0 Å². The van der Waals surface area contributed by atoms with E-state index < -0.39 is 0 Å². The molecule has 0 saturated heterocycles. The second-order valence-electron chi connectivity index (χ2n) is 3.98. The van der Waals surface area contributed by atoms with Gasteiger partial charge in [0.1, 0.15) is 17.2 Å². The highest BCUT2D eigenvalue weighted by Gasteiger charge is 2.05. The minimum Gasteiger partial charge on any atom is -0.456 e. The van der Waals surface area contributed by atoms with Crippen molar-refractivity contribution >= 4 is 23.2 Å². The van der Waals surface area contributed by atoms with Crippen LogP contribution < -0.4 is 0 Å². The maximum absolute atomic E-state index is 13.2. The van der Waals surface area contributed by atoms with E-state index in [9.17, 15) is 4.39 Å². The number of halogens is 1. The van der Waals surface area contributed by atoms with E-state index in [1.165, 1.54) is 12.1 Å². The maximum atomic E-state index is 13.2. The Morgan fingerprint density at radius 1 is 0.944 bits per heavy atom. The molecule has 0 bridgehead atoms. The van der Waals surface area contributed by atoms with Crippen molar-refractivity contribution in [2.75, 3.05) is 0 Å². The molecule has 0 amide bonds.